The van der Waals surface area contributed by atoms with Crippen molar-refractivity contribution in [3.8, 4) is 0 Å². The minimum atomic E-state index is -0.557. The van der Waals surface area contributed by atoms with E-state index in [4.69, 9.17) is 16.3 Å². The van der Waals surface area contributed by atoms with Crippen molar-refractivity contribution in [2.24, 2.45) is 0 Å². The van der Waals surface area contributed by atoms with Gasteiger partial charge in [0.25, 0.3) is 5.91 Å². The van der Waals surface area contributed by atoms with Crippen LogP contribution in [0.15, 0.2) is 91.1 Å². The van der Waals surface area contributed by atoms with Gasteiger partial charge in [0.2, 0.25) is 0 Å². The largest absolute Gasteiger partial charge is 0.461 e. The number of hydrogen-bond donors (Lipinski definition) is 1. The van der Waals surface area contributed by atoms with Gasteiger partial charge < -0.3 is 10.1 Å². The molecule has 3 aromatic carbocycles. The van der Waals surface area contributed by atoms with E-state index in [1.165, 1.54) is 0 Å². The van der Waals surface area contributed by atoms with Gasteiger partial charge in [-0.3, -0.25) is 14.6 Å². The van der Waals surface area contributed by atoms with E-state index in [0.717, 1.165) is 22.0 Å². The molecule has 5 nitrogen and oxygen atoms in total. The molecule has 1 aromatic heterocycles. The number of ether oxygens (including phenoxy) is 1. The molecule has 1 unspecified atom stereocenters. The summed E-state index contributed by atoms with van der Waals surface area (Å²) in [4.78, 5) is 29.9. The predicted octanol–water partition coefficient (Wildman–Crippen LogP) is 5.49. The second kappa shape index (κ2) is 10.1. The molecule has 0 saturated heterocycles. The molecule has 0 bridgehead atoms. The number of esters is 1. The molecule has 0 aliphatic heterocycles. The van der Waals surface area contributed by atoms with E-state index in [0.29, 0.717) is 10.6 Å². The summed E-state index contributed by atoms with van der Waals surface area (Å²) >= 11 is 6.16. The summed E-state index contributed by atoms with van der Waals surface area (Å²) in [6.07, 6.45) is 1.70. The standard InChI is InChI=1S/C26H21ClN2O3/c27-22-14-5-4-13-21(22)26(31)29-23(18-8-2-1-3-9-18)16-24(30)32-17-20-11-6-10-19-12-7-15-28-25(19)20/h1-15,23H,16-17H2,(H,29,31). The quantitative estimate of drug-likeness (QED) is 0.382. The molecule has 1 amide bonds. The fourth-order valence-corrected chi connectivity index (χ4v) is 3.71. The highest BCUT2D eigenvalue weighted by atomic mass is 35.5. The van der Waals surface area contributed by atoms with Crippen molar-refractivity contribution in [1.82, 2.24) is 10.3 Å². The topological polar surface area (TPSA) is 68.3 Å². The van der Waals surface area contributed by atoms with Crippen LogP contribution in [0, 0.1) is 0 Å². The number of fused-ring (bicyclic) bond motifs is 1. The summed E-state index contributed by atoms with van der Waals surface area (Å²) in [6.45, 7) is 0.104. The number of carbonyl (C=O) groups is 2. The van der Waals surface area contributed by atoms with Crippen molar-refractivity contribution in [2.45, 2.75) is 19.1 Å². The Hall–Kier alpha value is -3.70. The Morgan fingerprint density at radius 1 is 0.906 bits per heavy atom. The zero-order chi connectivity index (χ0) is 22.3. The van der Waals surface area contributed by atoms with Crippen LogP contribution in [-0.4, -0.2) is 16.9 Å². The van der Waals surface area contributed by atoms with Crippen LogP contribution < -0.4 is 5.32 Å². The fourth-order valence-electron chi connectivity index (χ4n) is 3.49. The molecule has 1 atom stereocenters. The van der Waals surface area contributed by atoms with Crippen LogP contribution in [0.3, 0.4) is 0 Å². The maximum Gasteiger partial charge on any atom is 0.308 e. The van der Waals surface area contributed by atoms with Gasteiger partial charge in [-0.05, 0) is 23.8 Å². The Balaban J connectivity index is 1.48. The van der Waals surface area contributed by atoms with Gasteiger partial charge >= 0.3 is 5.97 Å². The van der Waals surface area contributed by atoms with Crippen molar-refractivity contribution in [2.75, 3.05) is 0 Å². The van der Waals surface area contributed by atoms with Gasteiger partial charge in [-0.25, -0.2) is 0 Å². The number of aromatic nitrogens is 1. The zero-order valence-electron chi connectivity index (χ0n) is 17.2. The SMILES string of the molecule is O=C(CC(NC(=O)c1ccccc1Cl)c1ccccc1)OCc1cccc2cccnc12. The van der Waals surface area contributed by atoms with Gasteiger partial charge in [-0.1, -0.05) is 78.3 Å². The first kappa shape index (κ1) is 21.5. The molecule has 4 aromatic rings. The van der Waals surface area contributed by atoms with E-state index in [2.05, 4.69) is 10.3 Å². The van der Waals surface area contributed by atoms with Crippen molar-refractivity contribution in [3.63, 3.8) is 0 Å². The molecule has 0 aliphatic rings. The molecule has 0 spiro atoms. The van der Waals surface area contributed by atoms with E-state index in [1.807, 2.05) is 60.7 Å². The molecule has 0 aliphatic carbocycles. The summed E-state index contributed by atoms with van der Waals surface area (Å²) in [7, 11) is 0. The smallest absolute Gasteiger partial charge is 0.308 e. The van der Waals surface area contributed by atoms with Crippen LogP contribution in [0.4, 0.5) is 0 Å². The number of para-hydroxylation sites is 1. The van der Waals surface area contributed by atoms with Crippen molar-refractivity contribution < 1.29 is 14.3 Å². The van der Waals surface area contributed by atoms with Crippen LogP contribution >= 0.6 is 11.6 Å². The molecule has 0 radical (unpaired) electrons. The van der Waals surface area contributed by atoms with Gasteiger partial charge in [0, 0.05) is 17.1 Å². The molecule has 1 N–H and O–H groups in total. The average molecular weight is 445 g/mol. The molecule has 160 valence electrons. The Labute approximate surface area is 191 Å². The lowest BCUT2D eigenvalue weighted by Gasteiger charge is -2.19. The monoisotopic (exact) mass is 444 g/mol. The first-order valence-electron chi connectivity index (χ1n) is 10.2. The summed E-state index contributed by atoms with van der Waals surface area (Å²) in [5.74, 6) is -0.776. The Kier molecular flexibility index (Phi) is 6.78. The summed E-state index contributed by atoms with van der Waals surface area (Å²) in [5.41, 5.74) is 2.78. The first-order valence-corrected chi connectivity index (χ1v) is 10.6. The number of nitrogens with zero attached hydrogens (tertiary/aromatic N) is 1. The van der Waals surface area contributed by atoms with E-state index in [1.54, 1.807) is 30.5 Å². The maximum absolute atomic E-state index is 12.8. The van der Waals surface area contributed by atoms with Crippen LogP contribution in [0.2, 0.25) is 5.02 Å². The molecule has 32 heavy (non-hydrogen) atoms. The van der Waals surface area contributed by atoms with Gasteiger partial charge in [-0.15, -0.1) is 0 Å². The van der Waals surface area contributed by atoms with Gasteiger partial charge in [-0.2, -0.15) is 0 Å². The second-order valence-corrected chi connectivity index (χ2v) is 7.68. The number of nitrogens with one attached hydrogen (secondary N) is 1. The Morgan fingerprint density at radius 2 is 1.66 bits per heavy atom. The third-order valence-electron chi connectivity index (χ3n) is 5.10. The molecule has 1 heterocycles. The third kappa shape index (κ3) is 5.13. The number of halogens is 1. The molecule has 0 fully saturated rings. The highest BCUT2D eigenvalue weighted by molar-refractivity contribution is 6.33. The van der Waals surface area contributed by atoms with Crippen LogP contribution in [-0.2, 0) is 16.1 Å². The highest BCUT2D eigenvalue weighted by Gasteiger charge is 2.21. The number of rotatable bonds is 7. The lowest BCUT2D eigenvalue weighted by molar-refractivity contribution is -0.145. The number of hydrogen-bond acceptors (Lipinski definition) is 4. The molecule has 4 rings (SSSR count). The molecular formula is C26H21ClN2O3. The van der Waals surface area contributed by atoms with E-state index in [-0.39, 0.29) is 18.9 Å². The summed E-state index contributed by atoms with van der Waals surface area (Å²) in [6, 6.07) is 25.1. The number of pyridine rings is 1. The normalized spacial score (nSPS) is 11.7. The third-order valence-corrected chi connectivity index (χ3v) is 5.43. The predicted molar refractivity (Wildman–Crippen MR) is 124 cm³/mol. The molecule has 6 heteroatoms. The van der Waals surface area contributed by atoms with E-state index in [9.17, 15) is 9.59 Å². The van der Waals surface area contributed by atoms with Crippen LogP contribution in [0.25, 0.3) is 10.9 Å². The van der Waals surface area contributed by atoms with Gasteiger partial charge in [0.15, 0.2) is 0 Å². The minimum absolute atomic E-state index is 0.0155. The maximum atomic E-state index is 12.8. The second-order valence-electron chi connectivity index (χ2n) is 7.27. The van der Waals surface area contributed by atoms with Crippen LogP contribution in [0.5, 0.6) is 0 Å². The number of carbonyl (C=O) groups excluding carboxylic acids is 2. The van der Waals surface area contributed by atoms with Crippen molar-refractivity contribution >= 4 is 34.4 Å². The van der Waals surface area contributed by atoms with E-state index < -0.39 is 12.0 Å². The number of amides is 1. The first-order chi connectivity index (χ1) is 15.6. The summed E-state index contributed by atoms with van der Waals surface area (Å²) < 4.78 is 5.54. The Morgan fingerprint density at radius 3 is 2.47 bits per heavy atom. The fraction of sp³-hybridized carbons (Fsp3) is 0.115. The number of benzene rings is 3. The highest BCUT2D eigenvalue weighted by Crippen LogP contribution is 2.22. The van der Waals surface area contributed by atoms with Crippen LogP contribution in [0.1, 0.15) is 33.9 Å². The molecular weight excluding hydrogens is 424 g/mol. The molecule has 0 saturated carbocycles. The van der Waals surface area contributed by atoms with Gasteiger partial charge in [0.1, 0.15) is 6.61 Å². The zero-order valence-corrected chi connectivity index (χ0v) is 18.0. The summed E-state index contributed by atoms with van der Waals surface area (Å²) in [5, 5.41) is 4.24. The van der Waals surface area contributed by atoms with E-state index >= 15 is 0 Å². The minimum Gasteiger partial charge on any atom is -0.461 e. The lowest BCUT2D eigenvalue weighted by Crippen LogP contribution is -2.30. The lowest BCUT2D eigenvalue weighted by atomic mass is 10.0. The van der Waals surface area contributed by atoms with Crippen molar-refractivity contribution in [1.29, 1.82) is 0 Å². The van der Waals surface area contributed by atoms with Gasteiger partial charge in [0.05, 0.1) is 28.6 Å². The van der Waals surface area contributed by atoms with Crippen molar-refractivity contribution in [3.05, 3.63) is 113 Å². The Bertz CT molecular complexity index is 1240. The average Bonchev–Trinajstić information content (AvgIpc) is 2.83.